The molecule has 0 radical (unpaired) electrons. The molecule has 0 bridgehead atoms. The lowest BCUT2D eigenvalue weighted by Crippen LogP contribution is -2.07. The predicted molar refractivity (Wildman–Crippen MR) is 117 cm³/mol. The van der Waals surface area contributed by atoms with E-state index in [2.05, 4.69) is 11.7 Å². The first-order chi connectivity index (χ1) is 12.5. The first-order valence-corrected chi connectivity index (χ1v) is 12.1. The minimum atomic E-state index is -2.99. The molecular weight excluding hydrogens is 384 g/mol. The van der Waals surface area contributed by atoms with E-state index in [-0.39, 0.29) is 11.5 Å². The number of sulfone groups is 1. The summed E-state index contributed by atoms with van der Waals surface area (Å²) in [6.07, 6.45) is 4.47. The van der Waals surface area contributed by atoms with Gasteiger partial charge in [-0.15, -0.1) is 11.7 Å². The molecule has 0 spiro atoms. The van der Waals surface area contributed by atoms with Crippen LogP contribution in [0.4, 0.5) is 0 Å². The Bertz CT molecular complexity index is 740. The van der Waals surface area contributed by atoms with Crippen LogP contribution in [-0.4, -0.2) is 21.3 Å². The molecule has 2 aromatic carbocycles. The molecule has 0 atom stereocenters. The van der Waals surface area contributed by atoms with Gasteiger partial charge in [-0.25, -0.2) is 8.42 Å². The summed E-state index contributed by atoms with van der Waals surface area (Å²) in [6, 6.07) is 17.3. The fraction of sp³-hybridized carbons (Fsp3) is 0.300. The zero-order valence-electron chi connectivity index (χ0n) is 15.2. The van der Waals surface area contributed by atoms with Gasteiger partial charge < -0.3 is 4.74 Å². The van der Waals surface area contributed by atoms with Crippen LogP contribution in [0.3, 0.4) is 0 Å². The van der Waals surface area contributed by atoms with Crippen LogP contribution < -0.4 is 4.74 Å². The van der Waals surface area contributed by atoms with Gasteiger partial charge in [0.05, 0.1) is 18.6 Å². The zero-order valence-corrected chi connectivity index (χ0v) is 17.7. The first kappa shape index (κ1) is 22.7. The number of hydrogen-bond donors (Lipinski definition) is 1. The molecule has 2 rings (SSSR count). The lowest BCUT2D eigenvalue weighted by molar-refractivity contribution is 0.414. The van der Waals surface area contributed by atoms with Gasteiger partial charge in [0.2, 0.25) is 0 Å². The van der Waals surface area contributed by atoms with E-state index in [1.807, 2.05) is 67.6 Å². The Morgan fingerprint density at radius 2 is 1.65 bits per heavy atom. The average molecular weight is 411 g/mol. The Labute approximate surface area is 166 Å². The highest BCUT2D eigenvalue weighted by molar-refractivity contribution is 8.68. The monoisotopic (exact) mass is 410 g/mol. The Balaban J connectivity index is 0.000000273. The predicted octanol–water partition coefficient (Wildman–Crippen LogP) is 5.34. The molecular formula is C20H26O3S3. The van der Waals surface area contributed by atoms with E-state index in [1.54, 1.807) is 13.2 Å². The van der Waals surface area contributed by atoms with Gasteiger partial charge >= 0.3 is 0 Å². The first-order valence-electron chi connectivity index (χ1n) is 8.29. The number of benzene rings is 2. The molecule has 0 fully saturated rings. The van der Waals surface area contributed by atoms with Crippen LogP contribution in [0.5, 0.6) is 5.75 Å². The largest absolute Gasteiger partial charge is 0.497 e. The quantitative estimate of drug-likeness (QED) is 0.362. The van der Waals surface area contributed by atoms with Gasteiger partial charge in [0.1, 0.15) is 5.75 Å². The summed E-state index contributed by atoms with van der Waals surface area (Å²) in [5, 5.41) is 0. The summed E-state index contributed by atoms with van der Waals surface area (Å²) >= 11 is 4.07. The molecule has 0 aromatic heterocycles. The second-order valence-corrected chi connectivity index (χ2v) is 8.97. The lowest BCUT2D eigenvalue weighted by atomic mass is 10.2. The van der Waals surface area contributed by atoms with Crippen molar-refractivity contribution in [1.29, 1.82) is 0 Å². The third kappa shape index (κ3) is 9.94. The van der Waals surface area contributed by atoms with E-state index in [4.69, 9.17) is 4.74 Å². The van der Waals surface area contributed by atoms with Gasteiger partial charge in [0, 0.05) is 5.75 Å². The molecule has 0 amide bonds. The molecule has 0 saturated carbocycles. The summed E-state index contributed by atoms with van der Waals surface area (Å²) in [4.78, 5) is 0. The lowest BCUT2D eigenvalue weighted by Gasteiger charge is -2.00. The van der Waals surface area contributed by atoms with Crippen LogP contribution in [0, 0.1) is 0 Å². The molecule has 26 heavy (non-hydrogen) atoms. The normalized spacial score (nSPS) is 11.0. The highest BCUT2D eigenvalue weighted by atomic mass is 33.1. The molecule has 0 saturated heterocycles. The van der Waals surface area contributed by atoms with Crippen molar-refractivity contribution in [3.8, 4) is 5.75 Å². The topological polar surface area (TPSA) is 43.4 Å². The minimum absolute atomic E-state index is 0.127. The van der Waals surface area contributed by atoms with Crippen molar-refractivity contribution in [2.45, 2.75) is 24.9 Å². The standard InChI is InChI=1S/C12H16O2S.C8H10OS2/c1-2-3-7-10-15(13,14)11-12-8-5-4-6-9-12;1-9-8-4-2-7(3-5-8)6-11-10/h3-9H,2,10-11H2,1H3;2-5,10H,6H2,1H3/b7-3+;. The van der Waals surface area contributed by atoms with Gasteiger partial charge in [-0.05, 0) is 29.7 Å². The summed E-state index contributed by atoms with van der Waals surface area (Å²) in [5.41, 5.74) is 2.12. The maximum absolute atomic E-state index is 11.6. The highest BCUT2D eigenvalue weighted by Gasteiger charge is 2.08. The highest BCUT2D eigenvalue weighted by Crippen LogP contribution is 2.17. The molecule has 0 unspecified atom stereocenters. The molecule has 6 heteroatoms. The second kappa shape index (κ2) is 12.9. The van der Waals surface area contributed by atoms with Crippen LogP contribution in [0.25, 0.3) is 0 Å². The van der Waals surface area contributed by atoms with Gasteiger partial charge in [0.15, 0.2) is 9.84 Å². The Morgan fingerprint density at radius 1 is 1.00 bits per heavy atom. The van der Waals surface area contributed by atoms with Gasteiger partial charge in [-0.3, -0.25) is 0 Å². The molecule has 142 valence electrons. The van der Waals surface area contributed by atoms with Crippen molar-refractivity contribution in [3.05, 3.63) is 77.9 Å². The number of methoxy groups -OCH3 is 1. The summed E-state index contributed by atoms with van der Waals surface area (Å²) in [5.74, 6) is 2.10. The van der Waals surface area contributed by atoms with Gasteiger partial charge in [0.25, 0.3) is 0 Å². The van der Waals surface area contributed by atoms with E-state index >= 15 is 0 Å². The third-order valence-electron chi connectivity index (χ3n) is 3.37. The van der Waals surface area contributed by atoms with Crippen LogP contribution in [0.2, 0.25) is 0 Å². The molecule has 0 aliphatic rings. The summed E-state index contributed by atoms with van der Waals surface area (Å²) in [7, 11) is 0.197. The van der Waals surface area contributed by atoms with Crippen LogP contribution in [0.15, 0.2) is 66.7 Å². The second-order valence-electron chi connectivity index (χ2n) is 5.54. The van der Waals surface area contributed by atoms with Crippen molar-refractivity contribution in [1.82, 2.24) is 0 Å². The molecule has 0 aliphatic carbocycles. The number of allylic oxidation sites excluding steroid dienone is 1. The van der Waals surface area contributed by atoms with E-state index in [0.717, 1.165) is 23.5 Å². The fourth-order valence-corrected chi connectivity index (χ4v) is 4.10. The summed E-state index contributed by atoms with van der Waals surface area (Å²) in [6.45, 7) is 1.99. The number of ether oxygens (including phenoxy) is 1. The van der Waals surface area contributed by atoms with Crippen LogP contribution >= 0.6 is 22.5 Å². The van der Waals surface area contributed by atoms with Gasteiger partial charge in [-0.2, -0.15) is 0 Å². The van der Waals surface area contributed by atoms with Crippen LogP contribution in [-0.2, 0) is 21.3 Å². The SMILES string of the molecule is CC/C=C/CS(=O)(=O)Cc1ccccc1.COc1ccc(CSS)cc1. The van der Waals surface area contributed by atoms with Crippen molar-refractivity contribution in [2.24, 2.45) is 0 Å². The van der Waals surface area contributed by atoms with E-state index in [1.165, 1.54) is 16.4 Å². The number of hydrogen-bond acceptors (Lipinski definition) is 5. The third-order valence-corrected chi connectivity index (χ3v) is 5.70. The van der Waals surface area contributed by atoms with Crippen molar-refractivity contribution < 1.29 is 13.2 Å². The Morgan fingerprint density at radius 3 is 2.19 bits per heavy atom. The smallest absolute Gasteiger partial charge is 0.157 e. The zero-order chi connectivity index (χ0) is 19.3. The van der Waals surface area contributed by atoms with E-state index in [9.17, 15) is 8.42 Å². The van der Waals surface area contributed by atoms with Crippen molar-refractivity contribution in [2.75, 3.05) is 12.9 Å². The molecule has 0 heterocycles. The van der Waals surface area contributed by atoms with Crippen molar-refractivity contribution >= 4 is 32.3 Å². The van der Waals surface area contributed by atoms with Crippen molar-refractivity contribution in [3.63, 3.8) is 0 Å². The fourth-order valence-electron chi connectivity index (χ4n) is 2.06. The number of rotatable bonds is 8. The maximum atomic E-state index is 11.6. The van der Waals surface area contributed by atoms with Crippen LogP contribution in [0.1, 0.15) is 24.5 Å². The molecule has 0 N–H and O–H groups in total. The summed E-state index contributed by atoms with van der Waals surface area (Å²) < 4.78 is 28.3. The Hall–Kier alpha value is -1.37. The number of thiol groups is 1. The molecule has 0 aliphatic heterocycles. The molecule has 2 aromatic rings. The maximum Gasteiger partial charge on any atom is 0.157 e. The van der Waals surface area contributed by atoms with E-state index < -0.39 is 9.84 Å². The Kier molecular flexibility index (Phi) is 11.2. The van der Waals surface area contributed by atoms with Gasteiger partial charge in [-0.1, -0.05) is 72.3 Å². The molecule has 3 nitrogen and oxygen atoms in total. The van der Waals surface area contributed by atoms with E-state index in [0.29, 0.717) is 0 Å². The minimum Gasteiger partial charge on any atom is -0.497 e. The average Bonchev–Trinajstić information content (AvgIpc) is 2.64.